The number of nitrogens with zero attached hydrogens (tertiary/aromatic N) is 1. The number of fused-ring (bicyclic) bond motifs is 2. The van der Waals surface area contributed by atoms with E-state index in [1.807, 2.05) is 7.11 Å². The van der Waals surface area contributed by atoms with Crippen molar-refractivity contribution in [2.24, 2.45) is 0 Å². The van der Waals surface area contributed by atoms with Crippen molar-refractivity contribution in [3.63, 3.8) is 0 Å². The van der Waals surface area contributed by atoms with Crippen LogP contribution in [-0.4, -0.2) is 49.3 Å². The average Bonchev–Trinajstić information content (AvgIpc) is 2.77. The topological polar surface area (TPSA) is 24.5 Å². The van der Waals surface area contributed by atoms with Gasteiger partial charge in [0.05, 0.1) is 6.10 Å². The maximum Gasteiger partial charge on any atom is 0.0572 e. The molecule has 2 saturated heterocycles. The average molecular weight is 252 g/mol. The summed E-state index contributed by atoms with van der Waals surface area (Å²) in [5, 5.41) is 3.75. The Labute approximate surface area is 111 Å². The first-order valence-corrected chi connectivity index (χ1v) is 7.77. The van der Waals surface area contributed by atoms with Crippen LogP contribution in [0.25, 0.3) is 0 Å². The summed E-state index contributed by atoms with van der Waals surface area (Å²) in [6.07, 6.45) is 11.2. The highest BCUT2D eigenvalue weighted by Crippen LogP contribution is 2.33. The zero-order valence-corrected chi connectivity index (χ0v) is 11.9. The van der Waals surface area contributed by atoms with Gasteiger partial charge in [0, 0.05) is 31.3 Å². The minimum Gasteiger partial charge on any atom is -0.381 e. The van der Waals surface area contributed by atoms with Crippen molar-refractivity contribution in [1.82, 2.24) is 10.2 Å². The molecule has 0 amide bonds. The van der Waals surface area contributed by atoms with Gasteiger partial charge in [0.15, 0.2) is 0 Å². The molecule has 18 heavy (non-hydrogen) atoms. The van der Waals surface area contributed by atoms with Gasteiger partial charge < -0.3 is 15.0 Å². The molecule has 3 aliphatic rings. The minimum atomic E-state index is 0.527. The lowest BCUT2D eigenvalue weighted by Gasteiger charge is -2.42. The van der Waals surface area contributed by atoms with E-state index >= 15 is 0 Å². The lowest BCUT2D eigenvalue weighted by molar-refractivity contribution is 0.0277. The van der Waals surface area contributed by atoms with Crippen LogP contribution in [0.2, 0.25) is 0 Å². The van der Waals surface area contributed by atoms with E-state index in [-0.39, 0.29) is 0 Å². The molecule has 1 aliphatic carbocycles. The van der Waals surface area contributed by atoms with Gasteiger partial charge in [0.1, 0.15) is 0 Å². The van der Waals surface area contributed by atoms with E-state index in [2.05, 4.69) is 17.3 Å². The summed E-state index contributed by atoms with van der Waals surface area (Å²) in [4.78, 5) is 2.71. The molecule has 2 heterocycles. The summed E-state index contributed by atoms with van der Waals surface area (Å²) < 4.78 is 5.48. The van der Waals surface area contributed by atoms with Gasteiger partial charge in [-0.2, -0.15) is 0 Å². The lowest BCUT2D eigenvalue weighted by Crippen LogP contribution is -2.50. The molecule has 0 spiro atoms. The van der Waals surface area contributed by atoms with Crippen LogP contribution in [0.15, 0.2) is 0 Å². The second-order valence-corrected chi connectivity index (χ2v) is 6.59. The Hall–Kier alpha value is -0.120. The van der Waals surface area contributed by atoms with Crippen LogP contribution in [0, 0.1) is 0 Å². The molecular formula is C15H28N2O. The third-order valence-corrected chi connectivity index (χ3v) is 5.58. The maximum atomic E-state index is 5.48. The molecule has 3 heteroatoms. The molecule has 3 nitrogen and oxygen atoms in total. The summed E-state index contributed by atoms with van der Waals surface area (Å²) in [5.74, 6) is 0. The van der Waals surface area contributed by atoms with E-state index in [0.29, 0.717) is 6.10 Å². The van der Waals surface area contributed by atoms with Crippen LogP contribution in [0.5, 0.6) is 0 Å². The third kappa shape index (κ3) is 2.59. The molecule has 0 aromatic carbocycles. The number of hydrogen-bond donors (Lipinski definition) is 1. The Morgan fingerprint density at radius 3 is 2.06 bits per heavy atom. The number of rotatable bonds is 3. The molecule has 0 aromatic rings. The molecule has 1 N–H and O–H groups in total. The normalized spacial score (nSPS) is 44.5. The molecule has 1 saturated carbocycles. The molecular weight excluding hydrogens is 224 g/mol. The summed E-state index contributed by atoms with van der Waals surface area (Å²) in [5.41, 5.74) is 0. The van der Waals surface area contributed by atoms with Gasteiger partial charge in [0.25, 0.3) is 0 Å². The number of hydrogen-bond acceptors (Lipinski definition) is 3. The Bertz CT molecular complexity index is 264. The van der Waals surface area contributed by atoms with Gasteiger partial charge in [-0.15, -0.1) is 0 Å². The highest BCUT2D eigenvalue weighted by molar-refractivity contribution is 4.96. The Morgan fingerprint density at radius 2 is 1.50 bits per heavy atom. The van der Waals surface area contributed by atoms with E-state index in [1.165, 1.54) is 51.4 Å². The number of ether oxygens (including phenoxy) is 1. The van der Waals surface area contributed by atoms with Crippen LogP contribution in [-0.2, 0) is 4.74 Å². The van der Waals surface area contributed by atoms with Crippen molar-refractivity contribution in [3.8, 4) is 0 Å². The SMILES string of the molecule is COC1CCC(N(C)C2CC3CCC(C2)N3)CC1. The van der Waals surface area contributed by atoms with Gasteiger partial charge in [-0.1, -0.05) is 0 Å². The molecule has 104 valence electrons. The van der Waals surface area contributed by atoms with Crippen LogP contribution in [0.4, 0.5) is 0 Å². The molecule has 2 unspecified atom stereocenters. The highest BCUT2D eigenvalue weighted by atomic mass is 16.5. The second kappa shape index (κ2) is 5.48. The predicted molar refractivity (Wildman–Crippen MR) is 73.8 cm³/mol. The molecule has 3 rings (SSSR count). The van der Waals surface area contributed by atoms with Crippen molar-refractivity contribution in [2.45, 2.75) is 81.6 Å². The number of piperidine rings is 1. The van der Waals surface area contributed by atoms with E-state index < -0.39 is 0 Å². The fourth-order valence-electron chi connectivity index (χ4n) is 4.35. The monoisotopic (exact) mass is 252 g/mol. The van der Waals surface area contributed by atoms with Gasteiger partial charge in [-0.25, -0.2) is 0 Å². The van der Waals surface area contributed by atoms with Crippen molar-refractivity contribution in [1.29, 1.82) is 0 Å². The molecule has 0 aromatic heterocycles. The van der Waals surface area contributed by atoms with Gasteiger partial charge in [-0.05, 0) is 58.4 Å². The molecule has 2 bridgehead atoms. The molecule has 2 atom stereocenters. The van der Waals surface area contributed by atoms with Crippen LogP contribution in [0.3, 0.4) is 0 Å². The van der Waals surface area contributed by atoms with E-state index in [9.17, 15) is 0 Å². The van der Waals surface area contributed by atoms with Crippen molar-refractivity contribution < 1.29 is 4.74 Å². The first kappa shape index (κ1) is 12.9. The quantitative estimate of drug-likeness (QED) is 0.833. The fourth-order valence-corrected chi connectivity index (χ4v) is 4.35. The smallest absolute Gasteiger partial charge is 0.0572 e. The molecule has 0 radical (unpaired) electrons. The standard InChI is InChI=1S/C15H28N2O/c1-17(13-5-7-15(18-2)8-6-13)14-9-11-3-4-12(10-14)16-11/h11-16H,3-10H2,1-2H3. The van der Waals surface area contributed by atoms with Crippen LogP contribution >= 0.6 is 0 Å². The summed E-state index contributed by atoms with van der Waals surface area (Å²) in [6.45, 7) is 0. The van der Waals surface area contributed by atoms with Gasteiger partial charge in [0.2, 0.25) is 0 Å². The van der Waals surface area contributed by atoms with Crippen molar-refractivity contribution in [2.75, 3.05) is 14.2 Å². The molecule has 3 fully saturated rings. The Morgan fingerprint density at radius 1 is 0.889 bits per heavy atom. The number of methoxy groups -OCH3 is 1. The van der Waals surface area contributed by atoms with E-state index in [1.54, 1.807) is 0 Å². The van der Waals surface area contributed by atoms with Gasteiger partial charge in [-0.3, -0.25) is 0 Å². The first-order valence-electron chi connectivity index (χ1n) is 7.77. The zero-order chi connectivity index (χ0) is 12.5. The van der Waals surface area contributed by atoms with Crippen molar-refractivity contribution in [3.05, 3.63) is 0 Å². The van der Waals surface area contributed by atoms with E-state index in [4.69, 9.17) is 4.74 Å². The predicted octanol–water partition coefficient (Wildman–Crippen LogP) is 2.16. The zero-order valence-electron chi connectivity index (χ0n) is 11.9. The lowest BCUT2D eigenvalue weighted by atomic mass is 9.89. The maximum absolute atomic E-state index is 5.48. The van der Waals surface area contributed by atoms with Crippen LogP contribution < -0.4 is 5.32 Å². The first-order chi connectivity index (χ1) is 8.76. The molecule has 2 aliphatic heterocycles. The third-order valence-electron chi connectivity index (χ3n) is 5.58. The summed E-state index contributed by atoms with van der Waals surface area (Å²) in [7, 11) is 4.23. The second-order valence-electron chi connectivity index (χ2n) is 6.59. The fraction of sp³-hybridized carbons (Fsp3) is 1.00. The highest BCUT2D eigenvalue weighted by Gasteiger charge is 2.37. The largest absolute Gasteiger partial charge is 0.381 e. The van der Waals surface area contributed by atoms with Crippen LogP contribution in [0.1, 0.15) is 51.4 Å². The van der Waals surface area contributed by atoms with Gasteiger partial charge >= 0.3 is 0 Å². The number of nitrogens with one attached hydrogen (secondary N) is 1. The summed E-state index contributed by atoms with van der Waals surface area (Å²) >= 11 is 0. The Balaban J connectivity index is 1.53. The van der Waals surface area contributed by atoms with Crippen molar-refractivity contribution >= 4 is 0 Å². The summed E-state index contributed by atoms with van der Waals surface area (Å²) in [6, 6.07) is 3.25. The Kier molecular flexibility index (Phi) is 3.92. The minimum absolute atomic E-state index is 0.527. The van der Waals surface area contributed by atoms with E-state index in [0.717, 1.165) is 24.2 Å².